The van der Waals surface area contributed by atoms with E-state index in [-0.39, 0.29) is 0 Å². The van der Waals surface area contributed by atoms with E-state index in [1.807, 2.05) is 0 Å². The van der Waals surface area contributed by atoms with Gasteiger partial charge in [0.05, 0.1) is 13.3 Å². The van der Waals surface area contributed by atoms with Crippen molar-refractivity contribution in [2.45, 2.75) is 89.9 Å². The highest BCUT2D eigenvalue weighted by atomic mass is 16.1. The molecule has 0 aromatic carbocycles. The Morgan fingerprint density at radius 3 is 1.47 bits per heavy atom. The molecule has 0 aromatic rings. The van der Waals surface area contributed by atoms with Crippen LogP contribution in [0.25, 0.3) is 0 Å². The van der Waals surface area contributed by atoms with Crippen LogP contribution in [0.15, 0.2) is 12.2 Å². The van der Waals surface area contributed by atoms with E-state index in [1.54, 1.807) is 0 Å². The molecule has 0 amide bonds. The smallest absolute Gasteiger partial charge is 0.119 e. The van der Waals surface area contributed by atoms with Gasteiger partial charge in [-0.1, -0.05) is 44.3 Å². The molecule has 110 valence electrons. The molecule has 0 saturated heterocycles. The first-order valence-corrected chi connectivity index (χ1v) is 8.29. The third kappa shape index (κ3) is 17.3. The Balaban J connectivity index is 3.03. The van der Waals surface area contributed by atoms with E-state index in [2.05, 4.69) is 19.1 Å². The van der Waals surface area contributed by atoms with Gasteiger partial charge in [0, 0.05) is 6.42 Å². The SMILES string of the molecule is [CH2+]CCCCCCC/C=C\CCCCCCCC=O. The van der Waals surface area contributed by atoms with Gasteiger partial charge in [-0.05, 0) is 44.9 Å². The fourth-order valence-corrected chi connectivity index (χ4v) is 2.23. The molecule has 1 nitrogen and oxygen atoms in total. The second-order valence-electron chi connectivity index (χ2n) is 5.39. The number of allylic oxidation sites excluding steroid dienone is 2. The molecule has 0 atom stereocenters. The molecular formula is C18H33O+. The fourth-order valence-electron chi connectivity index (χ4n) is 2.23. The van der Waals surface area contributed by atoms with Gasteiger partial charge < -0.3 is 4.79 Å². The minimum Gasteiger partial charge on any atom is -0.303 e. The molecule has 19 heavy (non-hydrogen) atoms. The number of hydrogen-bond acceptors (Lipinski definition) is 1. The van der Waals surface area contributed by atoms with E-state index in [0.29, 0.717) is 0 Å². The van der Waals surface area contributed by atoms with E-state index in [1.165, 1.54) is 70.6 Å². The van der Waals surface area contributed by atoms with Crippen LogP contribution in [0.4, 0.5) is 0 Å². The summed E-state index contributed by atoms with van der Waals surface area (Å²) in [6, 6.07) is 0. The van der Waals surface area contributed by atoms with Crippen LogP contribution in [-0.4, -0.2) is 6.29 Å². The van der Waals surface area contributed by atoms with Crippen LogP contribution in [-0.2, 0) is 4.79 Å². The van der Waals surface area contributed by atoms with Gasteiger partial charge in [0.2, 0.25) is 0 Å². The molecule has 0 aliphatic rings. The Bertz CT molecular complexity index is 196. The Morgan fingerprint density at radius 2 is 1.00 bits per heavy atom. The van der Waals surface area contributed by atoms with Crippen molar-refractivity contribution in [3.63, 3.8) is 0 Å². The Hall–Kier alpha value is -0.720. The Kier molecular flexibility index (Phi) is 16.6. The van der Waals surface area contributed by atoms with E-state index in [0.717, 1.165) is 25.5 Å². The summed E-state index contributed by atoms with van der Waals surface area (Å²) in [6.07, 6.45) is 23.0. The van der Waals surface area contributed by atoms with Crippen LogP contribution in [0, 0.1) is 6.92 Å². The minimum atomic E-state index is 0.745. The highest BCUT2D eigenvalue weighted by molar-refractivity contribution is 5.48. The molecule has 0 rings (SSSR count). The van der Waals surface area contributed by atoms with Gasteiger partial charge in [-0.3, -0.25) is 0 Å². The lowest BCUT2D eigenvalue weighted by Gasteiger charge is -1.98. The second-order valence-corrected chi connectivity index (χ2v) is 5.39. The lowest BCUT2D eigenvalue weighted by Crippen LogP contribution is -1.80. The first-order valence-electron chi connectivity index (χ1n) is 8.29. The van der Waals surface area contributed by atoms with Crippen molar-refractivity contribution in [2.75, 3.05) is 0 Å². The number of carbonyl (C=O) groups excluding carboxylic acids is 1. The summed E-state index contributed by atoms with van der Waals surface area (Å²) in [5.41, 5.74) is 0. The maximum absolute atomic E-state index is 10.1. The van der Waals surface area contributed by atoms with Crippen molar-refractivity contribution in [3.05, 3.63) is 19.1 Å². The standard InChI is InChI=1S/C18H33O/c1-2-3-4-5-6-7-8-9-10-11-12-13-14-15-16-17-18-19/h9-10,18H,1-8,11-17H2/q+1/b10-9-. The molecule has 0 aliphatic carbocycles. The molecule has 0 bridgehead atoms. The topological polar surface area (TPSA) is 17.1 Å². The predicted octanol–water partition coefficient (Wildman–Crippen LogP) is 6.04. The monoisotopic (exact) mass is 265 g/mol. The summed E-state index contributed by atoms with van der Waals surface area (Å²) in [6.45, 7) is 3.86. The van der Waals surface area contributed by atoms with Crippen LogP contribution < -0.4 is 0 Å². The maximum Gasteiger partial charge on any atom is 0.119 e. The van der Waals surface area contributed by atoms with Gasteiger partial charge >= 0.3 is 0 Å². The maximum atomic E-state index is 10.1. The van der Waals surface area contributed by atoms with Crippen molar-refractivity contribution in [3.8, 4) is 0 Å². The van der Waals surface area contributed by atoms with E-state index in [4.69, 9.17) is 0 Å². The normalized spacial score (nSPS) is 11.2. The average Bonchev–Trinajstić information content (AvgIpc) is 2.43. The minimum absolute atomic E-state index is 0.745. The zero-order chi connectivity index (χ0) is 14.0. The van der Waals surface area contributed by atoms with Crippen molar-refractivity contribution >= 4 is 6.29 Å². The summed E-state index contributed by atoms with van der Waals surface area (Å²) in [4.78, 5) is 10.1. The van der Waals surface area contributed by atoms with Crippen molar-refractivity contribution in [1.82, 2.24) is 0 Å². The largest absolute Gasteiger partial charge is 0.303 e. The van der Waals surface area contributed by atoms with Gasteiger partial charge in [-0.2, -0.15) is 0 Å². The number of rotatable bonds is 15. The van der Waals surface area contributed by atoms with Gasteiger partial charge in [0.15, 0.2) is 0 Å². The molecule has 0 N–H and O–H groups in total. The molecule has 0 saturated carbocycles. The molecule has 0 radical (unpaired) electrons. The molecule has 0 aliphatic heterocycles. The lowest BCUT2D eigenvalue weighted by atomic mass is 10.1. The van der Waals surface area contributed by atoms with Crippen molar-refractivity contribution in [1.29, 1.82) is 0 Å². The zero-order valence-electron chi connectivity index (χ0n) is 12.7. The second kappa shape index (κ2) is 17.3. The van der Waals surface area contributed by atoms with Gasteiger partial charge in [-0.25, -0.2) is 0 Å². The first-order chi connectivity index (χ1) is 9.41. The Labute approximate surface area is 120 Å². The van der Waals surface area contributed by atoms with Crippen molar-refractivity contribution < 1.29 is 4.79 Å². The molecule has 0 heterocycles. The van der Waals surface area contributed by atoms with E-state index in [9.17, 15) is 4.79 Å². The third-order valence-electron chi connectivity index (χ3n) is 3.48. The zero-order valence-corrected chi connectivity index (χ0v) is 12.7. The van der Waals surface area contributed by atoms with Crippen LogP contribution in [0.1, 0.15) is 89.9 Å². The highest BCUT2D eigenvalue weighted by Crippen LogP contribution is 2.09. The number of hydrogen-bond donors (Lipinski definition) is 0. The number of carbonyl (C=O) groups is 1. The molecule has 0 aromatic heterocycles. The quantitative estimate of drug-likeness (QED) is 0.153. The van der Waals surface area contributed by atoms with Crippen LogP contribution in [0.3, 0.4) is 0 Å². The number of aldehydes is 1. The van der Waals surface area contributed by atoms with E-state index < -0.39 is 0 Å². The van der Waals surface area contributed by atoms with Gasteiger partial charge in [0.1, 0.15) is 6.29 Å². The molecular weight excluding hydrogens is 232 g/mol. The summed E-state index contributed by atoms with van der Waals surface area (Å²) < 4.78 is 0. The van der Waals surface area contributed by atoms with Crippen LogP contribution >= 0.6 is 0 Å². The average molecular weight is 265 g/mol. The van der Waals surface area contributed by atoms with Gasteiger partial charge in [-0.15, -0.1) is 0 Å². The third-order valence-corrected chi connectivity index (χ3v) is 3.48. The van der Waals surface area contributed by atoms with Crippen LogP contribution in [0.2, 0.25) is 0 Å². The van der Waals surface area contributed by atoms with E-state index >= 15 is 0 Å². The van der Waals surface area contributed by atoms with Crippen LogP contribution in [0.5, 0.6) is 0 Å². The predicted molar refractivity (Wildman–Crippen MR) is 85.2 cm³/mol. The molecule has 1 heteroatoms. The summed E-state index contributed by atoms with van der Waals surface area (Å²) >= 11 is 0. The number of unbranched alkanes of at least 4 members (excludes halogenated alkanes) is 12. The summed E-state index contributed by atoms with van der Waals surface area (Å²) in [7, 11) is 0. The lowest BCUT2D eigenvalue weighted by molar-refractivity contribution is -0.107. The van der Waals surface area contributed by atoms with Gasteiger partial charge in [0.25, 0.3) is 0 Å². The summed E-state index contributed by atoms with van der Waals surface area (Å²) in [5, 5.41) is 0. The molecule has 0 fully saturated rings. The first kappa shape index (κ1) is 18.3. The highest BCUT2D eigenvalue weighted by Gasteiger charge is 1.91. The molecule has 0 unspecified atom stereocenters. The fraction of sp³-hybridized carbons (Fsp3) is 0.778. The Morgan fingerprint density at radius 1 is 0.579 bits per heavy atom. The van der Waals surface area contributed by atoms with Crippen molar-refractivity contribution in [2.24, 2.45) is 0 Å². The summed E-state index contributed by atoms with van der Waals surface area (Å²) in [5.74, 6) is 0. The molecule has 0 spiro atoms.